The summed E-state index contributed by atoms with van der Waals surface area (Å²) in [7, 11) is 2.21. The molecule has 0 bridgehead atoms. The number of ether oxygens (including phenoxy) is 1. The van der Waals surface area contributed by atoms with Crippen molar-refractivity contribution in [1.82, 2.24) is 10.2 Å². The summed E-state index contributed by atoms with van der Waals surface area (Å²) in [6.07, 6.45) is 1.12. The molecule has 0 fully saturated rings. The van der Waals surface area contributed by atoms with Gasteiger partial charge in [-0.3, -0.25) is 0 Å². The van der Waals surface area contributed by atoms with E-state index in [1.807, 2.05) is 0 Å². The van der Waals surface area contributed by atoms with Crippen molar-refractivity contribution in [2.75, 3.05) is 33.3 Å². The van der Waals surface area contributed by atoms with E-state index < -0.39 is 0 Å². The van der Waals surface area contributed by atoms with Crippen molar-refractivity contribution in [3.63, 3.8) is 0 Å². The monoisotopic (exact) mass is 276 g/mol. The first-order valence-corrected chi connectivity index (χ1v) is 7.61. The summed E-state index contributed by atoms with van der Waals surface area (Å²) in [5.74, 6) is 1.67. The normalized spacial score (nSPS) is 18.8. The number of para-hydroxylation sites is 1. The molecule has 0 saturated heterocycles. The smallest absolute Gasteiger partial charge is 0.122 e. The molecule has 1 N–H and O–H groups in total. The minimum atomic E-state index is 0.201. The van der Waals surface area contributed by atoms with Crippen LogP contribution in [0.2, 0.25) is 0 Å². The van der Waals surface area contributed by atoms with Crippen LogP contribution in [0, 0.1) is 0 Å². The third-order valence-electron chi connectivity index (χ3n) is 3.76. The van der Waals surface area contributed by atoms with Gasteiger partial charge in [-0.2, -0.15) is 0 Å². The summed E-state index contributed by atoms with van der Waals surface area (Å²) in [4.78, 5) is 2.42. The second kappa shape index (κ2) is 6.59. The fourth-order valence-electron chi connectivity index (χ4n) is 2.69. The molecule has 0 spiro atoms. The van der Waals surface area contributed by atoms with Crippen LogP contribution in [0.3, 0.4) is 0 Å². The molecule has 0 amide bonds. The predicted molar refractivity (Wildman–Crippen MR) is 84.5 cm³/mol. The molecule has 1 aliphatic heterocycles. The lowest BCUT2D eigenvalue weighted by molar-refractivity contribution is 0.229. The summed E-state index contributed by atoms with van der Waals surface area (Å²) in [6, 6.07) is 8.46. The average molecular weight is 276 g/mol. The van der Waals surface area contributed by atoms with Crippen molar-refractivity contribution in [3.8, 4) is 5.75 Å². The Morgan fingerprint density at radius 3 is 2.80 bits per heavy atom. The zero-order valence-corrected chi connectivity index (χ0v) is 13.3. The number of hydrogen-bond acceptors (Lipinski definition) is 3. The van der Waals surface area contributed by atoms with E-state index in [0.29, 0.717) is 5.92 Å². The van der Waals surface area contributed by atoms with Crippen LogP contribution in [0.4, 0.5) is 0 Å². The molecule has 3 heteroatoms. The van der Waals surface area contributed by atoms with Crippen molar-refractivity contribution < 1.29 is 4.74 Å². The van der Waals surface area contributed by atoms with E-state index in [1.165, 1.54) is 5.56 Å². The number of likely N-dealkylation sites (N-methyl/N-ethyl adjacent to an activating group) is 1. The third kappa shape index (κ3) is 4.50. The van der Waals surface area contributed by atoms with Crippen LogP contribution < -0.4 is 10.1 Å². The summed E-state index contributed by atoms with van der Waals surface area (Å²) in [5.41, 5.74) is 1.57. The highest BCUT2D eigenvalue weighted by Crippen LogP contribution is 2.33. The highest BCUT2D eigenvalue weighted by Gasteiger charge is 2.22. The highest BCUT2D eigenvalue weighted by molar-refractivity contribution is 5.37. The highest BCUT2D eigenvalue weighted by atomic mass is 16.5. The molecule has 3 nitrogen and oxygen atoms in total. The Bertz CT molecular complexity index is 425. The topological polar surface area (TPSA) is 24.5 Å². The summed E-state index contributed by atoms with van der Waals surface area (Å²) in [5, 5.41) is 3.54. The molecule has 112 valence electrons. The van der Waals surface area contributed by atoms with Crippen LogP contribution in [-0.4, -0.2) is 43.7 Å². The fraction of sp³-hybridized carbons (Fsp3) is 0.647. The van der Waals surface area contributed by atoms with Gasteiger partial charge in [-0.15, -0.1) is 0 Å². The van der Waals surface area contributed by atoms with Gasteiger partial charge in [-0.05, 0) is 45.9 Å². The average Bonchev–Trinajstić information content (AvgIpc) is 2.37. The van der Waals surface area contributed by atoms with Crippen LogP contribution in [0.15, 0.2) is 24.3 Å². The molecule has 0 saturated carbocycles. The molecule has 0 aromatic heterocycles. The van der Waals surface area contributed by atoms with Gasteiger partial charge < -0.3 is 15.0 Å². The summed E-state index contributed by atoms with van der Waals surface area (Å²) >= 11 is 0. The van der Waals surface area contributed by atoms with Gasteiger partial charge in [0.15, 0.2) is 0 Å². The van der Waals surface area contributed by atoms with Crippen LogP contribution in [0.5, 0.6) is 5.75 Å². The molecule has 1 aromatic carbocycles. The van der Waals surface area contributed by atoms with E-state index in [2.05, 4.69) is 62.3 Å². The van der Waals surface area contributed by atoms with E-state index in [1.54, 1.807) is 0 Å². The molecule has 2 rings (SSSR count). The Morgan fingerprint density at radius 1 is 1.30 bits per heavy atom. The predicted octanol–water partition coefficient (Wildman–Crippen LogP) is 2.87. The second-order valence-electron chi connectivity index (χ2n) is 6.81. The van der Waals surface area contributed by atoms with E-state index in [4.69, 9.17) is 4.74 Å². The molecule has 1 aromatic rings. The third-order valence-corrected chi connectivity index (χ3v) is 3.76. The maximum Gasteiger partial charge on any atom is 0.122 e. The van der Waals surface area contributed by atoms with Gasteiger partial charge >= 0.3 is 0 Å². The molecule has 1 unspecified atom stereocenters. The number of benzene rings is 1. The Kier molecular flexibility index (Phi) is 5.06. The van der Waals surface area contributed by atoms with Gasteiger partial charge in [0.1, 0.15) is 5.75 Å². The minimum Gasteiger partial charge on any atom is -0.493 e. The van der Waals surface area contributed by atoms with Gasteiger partial charge in [0.2, 0.25) is 0 Å². The first-order chi connectivity index (χ1) is 9.46. The van der Waals surface area contributed by atoms with Crippen molar-refractivity contribution in [3.05, 3.63) is 29.8 Å². The number of rotatable bonds is 5. The molecule has 20 heavy (non-hydrogen) atoms. The first kappa shape index (κ1) is 15.3. The molecule has 0 radical (unpaired) electrons. The van der Waals surface area contributed by atoms with Gasteiger partial charge in [0.05, 0.1) is 6.61 Å². The van der Waals surface area contributed by atoms with Gasteiger partial charge in [0.25, 0.3) is 0 Å². The largest absolute Gasteiger partial charge is 0.493 e. The Balaban J connectivity index is 1.85. The van der Waals surface area contributed by atoms with Gasteiger partial charge in [-0.25, -0.2) is 0 Å². The van der Waals surface area contributed by atoms with Crippen molar-refractivity contribution >= 4 is 0 Å². The lowest BCUT2D eigenvalue weighted by atomic mass is 9.93. The van der Waals surface area contributed by atoms with Crippen molar-refractivity contribution in [2.45, 2.75) is 38.6 Å². The summed E-state index contributed by atoms with van der Waals surface area (Å²) < 4.78 is 5.73. The van der Waals surface area contributed by atoms with Crippen LogP contribution >= 0.6 is 0 Å². The molecule has 0 aliphatic carbocycles. The Hall–Kier alpha value is -1.06. The molecule has 1 heterocycles. The van der Waals surface area contributed by atoms with E-state index in [-0.39, 0.29) is 5.54 Å². The number of nitrogens with one attached hydrogen (secondary N) is 1. The standard InChI is InChI=1S/C17H28N2O/c1-17(2,3)18-10-11-19(4)13-14-9-12-20-16-8-6-5-7-15(14)16/h5-8,14,18H,9-13H2,1-4H3. The van der Waals surface area contributed by atoms with Crippen LogP contribution in [0.25, 0.3) is 0 Å². The zero-order chi connectivity index (χ0) is 14.6. The van der Waals surface area contributed by atoms with Crippen LogP contribution in [-0.2, 0) is 0 Å². The van der Waals surface area contributed by atoms with Crippen LogP contribution in [0.1, 0.15) is 38.7 Å². The van der Waals surface area contributed by atoms with E-state index in [9.17, 15) is 0 Å². The molecule has 1 atom stereocenters. The van der Waals surface area contributed by atoms with Crippen molar-refractivity contribution in [1.29, 1.82) is 0 Å². The maximum atomic E-state index is 5.73. The summed E-state index contributed by atoms with van der Waals surface area (Å²) in [6.45, 7) is 10.7. The van der Waals surface area contributed by atoms with E-state index in [0.717, 1.165) is 38.4 Å². The van der Waals surface area contributed by atoms with Gasteiger partial charge in [-0.1, -0.05) is 18.2 Å². The van der Waals surface area contributed by atoms with Gasteiger partial charge in [0, 0.05) is 31.1 Å². The Morgan fingerprint density at radius 2 is 2.05 bits per heavy atom. The Labute approximate surface area is 123 Å². The second-order valence-corrected chi connectivity index (χ2v) is 6.81. The maximum absolute atomic E-state index is 5.73. The first-order valence-electron chi connectivity index (χ1n) is 7.61. The molecular formula is C17H28N2O. The van der Waals surface area contributed by atoms with E-state index >= 15 is 0 Å². The quantitative estimate of drug-likeness (QED) is 0.895. The number of hydrogen-bond donors (Lipinski definition) is 1. The SMILES string of the molecule is CN(CCNC(C)(C)C)CC1CCOc2ccccc21. The molecule has 1 aliphatic rings. The van der Waals surface area contributed by atoms with Crippen molar-refractivity contribution in [2.24, 2.45) is 0 Å². The zero-order valence-electron chi connectivity index (χ0n) is 13.3. The fourth-order valence-corrected chi connectivity index (χ4v) is 2.69. The number of fused-ring (bicyclic) bond motifs is 1. The minimum absolute atomic E-state index is 0.201. The lowest BCUT2D eigenvalue weighted by Crippen LogP contribution is -2.41. The molecular weight excluding hydrogens is 248 g/mol. The number of nitrogens with zero attached hydrogens (tertiary/aromatic N) is 1. The lowest BCUT2D eigenvalue weighted by Gasteiger charge is -2.30.